The molecule has 0 bridgehead atoms. The first-order valence-corrected chi connectivity index (χ1v) is 10.1. The maximum absolute atomic E-state index is 5.72. The lowest BCUT2D eigenvalue weighted by molar-refractivity contribution is 0.146. The van der Waals surface area contributed by atoms with Crippen molar-refractivity contribution >= 4 is 29.9 Å². The van der Waals surface area contributed by atoms with E-state index in [1.165, 1.54) is 19.3 Å². The average Bonchev–Trinajstić information content (AvgIpc) is 3.27. The number of aromatic nitrogens is 1. The molecule has 1 aliphatic rings. The predicted octanol–water partition coefficient (Wildman–Crippen LogP) is 3.58. The number of nitrogens with zero attached hydrogens (tertiary/aromatic N) is 3. The molecule has 1 unspecified atom stereocenters. The van der Waals surface area contributed by atoms with E-state index in [9.17, 15) is 0 Å². The van der Waals surface area contributed by atoms with Crippen LogP contribution in [0.2, 0.25) is 0 Å². The van der Waals surface area contributed by atoms with Crippen molar-refractivity contribution in [2.75, 3.05) is 33.3 Å². The minimum absolute atomic E-state index is 0. The van der Waals surface area contributed by atoms with E-state index in [0.717, 1.165) is 36.9 Å². The molecule has 3 rings (SSSR count). The third-order valence-corrected chi connectivity index (χ3v) is 4.97. The molecule has 1 fully saturated rings. The van der Waals surface area contributed by atoms with Gasteiger partial charge in [-0.2, -0.15) is 0 Å². The van der Waals surface area contributed by atoms with E-state index < -0.39 is 0 Å². The molecule has 2 aromatic heterocycles. The molecule has 0 radical (unpaired) electrons. The SMILES string of the molecule is CCOc1ncccc1CNC(=NC)NCC(c1ccco1)N1CCCCC1.I. The summed E-state index contributed by atoms with van der Waals surface area (Å²) in [6, 6.07) is 8.14. The second-order valence-electron chi connectivity index (χ2n) is 6.84. The monoisotopic (exact) mass is 513 g/mol. The van der Waals surface area contributed by atoms with Crippen LogP contribution in [0.3, 0.4) is 0 Å². The van der Waals surface area contributed by atoms with Gasteiger partial charge in [-0.05, 0) is 51.1 Å². The summed E-state index contributed by atoms with van der Waals surface area (Å²) in [4.78, 5) is 11.2. The van der Waals surface area contributed by atoms with Crippen LogP contribution in [0, 0.1) is 0 Å². The number of ether oxygens (including phenoxy) is 1. The van der Waals surface area contributed by atoms with Crippen molar-refractivity contribution in [1.82, 2.24) is 20.5 Å². The molecule has 0 saturated carbocycles. The Balaban J connectivity index is 0.00000300. The molecule has 1 atom stereocenters. The first-order chi connectivity index (χ1) is 13.8. The van der Waals surface area contributed by atoms with Crippen molar-refractivity contribution in [1.29, 1.82) is 0 Å². The Labute approximate surface area is 190 Å². The lowest BCUT2D eigenvalue weighted by atomic mass is 10.1. The van der Waals surface area contributed by atoms with Crippen molar-refractivity contribution in [3.05, 3.63) is 48.0 Å². The lowest BCUT2D eigenvalue weighted by Crippen LogP contribution is -2.44. The standard InChI is InChI=1S/C21H31N5O2.HI/c1-3-27-20-17(9-7-11-23-20)15-24-21(22-2)25-16-18(19-10-8-14-28-19)26-12-5-4-6-13-26;/h7-11,14,18H,3-6,12-13,15-16H2,1-2H3,(H2,22,24,25);1H. The van der Waals surface area contributed by atoms with Crippen LogP contribution >= 0.6 is 24.0 Å². The van der Waals surface area contributed by atoms with Crippen molar-refractivity contribution in [3.8, 4) is 5.88 Å². The number of nitrogens with one attached hydrogen (secondary N) is 2. The average molecular weight is 513 g/mol. The van der Waals surface area contributed by atoms with Gasteiger partial charge in [0.2, 0.25) is 5.88 Å². The molecule has 0 spiro atoms. The maximum atomic E-state index is 5.72. The van der Waals surface area contributed by atoms with Crippen molar-refractivity contribution in [2.45, 2.75) is 38.8 Å². The number of hydrogen-bond acceptors (Lipinski definition) is 5. The summed E-state index contributed by atoms with van der Waals surface area (Å²) in [6.45, 7) is 6.09. The predicted molar refractivity (Wildman–Crippen MR) is 126 cm³/mol. The van der Waals surface area contributed by atoms with E-state index in [4.69, 9.17) is 9.15 Å². The number of halogens is 1. The van der Waals surface area contributed by atoms with E-state index in [2.05, 4.69) is 31.6 Å². The topological polar surface area (TPSA) is 74.9 Å². The summed E-state index contributed by atoms with van der Waals surface area (Å²) < 4.78 is 11.3. The van der Waals surface area contributed by atoms with Gasteiger partial charge in [-0.1, -0.05) is 12.5 Å². The zero-order chi connectivity index (χ0) is 19.6. The molecule has 2 aromatic rings. The highest BCUT2D eigenvalue weighted by molar-refractivity contribution is 14.0. The highest BCUT2D eigenvalue weighted by atomic mass is 127. The molecule has 7 nitrogen and oxygen atoms in total. The molecular weight excluding hydrogens is 481 g/mol. The zero-order valence-electron chi connectivity index (χ0n) is 17.3. The van der Waals surface area contributed by atoms with Crippen LogP contribution in [0.25, 0.3) is 0 Å². The number of hydrogen-bond donors (Lipinski definition) is 2. The van der Waals surface area contributed by atoms with Crippen LogP contribution < -0.4 is 15.4 Å². The highest BCUT2D eigenvalue weighted by Crippen LogP contribution is 2.24. The van der Waals surface area contributed by atoms with Gasteiger partial charge in [0, 0.05) is 31.9 Å². The largest absolute Gasteiger partial charge is 0.478 e. The molecule has 29 heavy (non-hydrogen) atoms. The first kappa shape index (κ1) is 23.5. The van der Waals surface area contributed by atoms with Crippen LogP contribution in [-0.4, -0.2) is 49.1 Å². The molecule has 0 amide bonds. The Morgan fingerprint density at radius 3 is 2.76 bits per heavy atom. The van der Waals surface area contributed by atoms with E-state index in [1.54, 1.807) is 19.5 Å². The van der Waals surface area contributed by atoms with Crippen LogP contribution in [0.5, 0.6) is 5.88 Å². The second kappa shape index (κ2) is 12.7. The Kier molecular flexibility index (Phi) is 10.3. The summed E-state index contributed by atoms with van der Waals surface area (Å²) >= 11 is 0. The smallest absolute Gasteiger partial charge is 0.218 e. The maximum Gasteiger partial charge on any atom is 0.218 e. The fourth-order valence-electron chi connectivity index (χ4n) is 3.54. The van der Waals surface area contributed by atoms with Crippen LogP contribution in [-0.2, 0) is 6.54 Å². The highest BCUT2D eigenvalue weighted by Gasteiger charge is 2.24. The van der Waals surface area contributed by atoms with E-state index >= 15 is 0 Å². The van der Waals surface area contributed by atoms with Gasteiger partial charge in [0.1, 0.15) is 5.76 Å². The molecule has 2 N–H and O–H groups in total. The van der Waals surface area contributed by atoms with Gasteiger partial charge in [0.05, 0.1) is 18.9 Å². The third kappa shape index (κ3) is 6.88. The van der Waals surface area contributed by atoms with Gasteiger partial charge in [-0.25, -0.2) is 4.98 Å². The first-order valence-electron chi connectivity index (χ1n) is 10.1. The molecule has 160 valence electrons. The molecule has 1 saturated heterocycles. The molecular formula is C21H32IN5O2. The van der Waals surface area contributed by atoms with Crippen molar-refractivity contribution in [3.63, 3.8) is 0 Å². The zero-order valence-corrected chi connectivity index (χ0v) is 19.6. The van der Waals surface area contributed by atoms with Gasteiger partial charge in [-0.3, -0.25) is 9.89 Å². The number of piperidine rings is 1. The molecule has 0 aliphatic carbocycles. The van der Waals surface area contributed by atoms with Gasteiger partial charge < -0.3 is 19.8 Å². The Hall–Kier alpha value is -1.81. The Bertz CT molecular complexity index is 732. The molecule has 8 heteroatoms. The summed E-state index contributed by atoms with van der Waals surface area (Å²) in [5.41, 5.74) is 1.01. The van der Waals surface area contributed by atoms with E-state index in [0.29, 0.717) is 19.0 Å². The van der Waals surface area contributed by atoms with Gasteiger partial charge in [0.25, 0.3) is 0 Å². The summed E-state index contributed by atoms with van der Waals surface area (Å²) in [6.07, 6.45) is 7.28. The Morgan fingerprint density at radius 2 is 2.07 bits per heavy atom. The van der Waals surface area contributed by atoms with Gasteiger partial charge in [-0.15, -0.1) is 24.0 Å². The quantitative estimate of drug-likeness (QED) is 0.320. The number of aliphatic imine (C=N–C) groups is 1. The third-order valence-electron chi connectivity index (χ3n) is 4.97. The summed E-state index contributed by atoms with van der Waals surface area (Å²) in [7, 11) is 1.78. The van der Waals surface area contributed by atoms with Crippen LogP contribution in [0.1, 0.15) is 43.6 Å². The number of rotatable bonds is 8. The molecule has 0 aromatic carbocycles. The minimum atomic E-state index is 0. The van der Waals surface area contributed by atoms with Crippen LogP contribution in [0.15, 0.2) is 46.1 Å². The Morgan fingerprint density at radius 1 is 1.24 bits per heavy atom. The van der Waals surface area contributed by atoms with E-state index in [-0.39, 0.29) is 30.0 Å². The minimum Gasteiger partial charge on any atom is -0.478 e. The fourth-order valence-corrected chi connectivity index (χ4v) is 3.54. The number of pyridine rings is 1. The van der Waals surface area contributed by atoms with Crippen molar-refractivity contribution < 1.29 is 9.15 Å². The van der Waals surface area contributed by atoms with Gasteiger partial charge >= 0.3 is 0 Å². The number of likely N-dealkylation sites (tertiary alicyclic amines) is 1. The van der Waals surface area contributed by atoms with Crippen LogP contribution in [0.4, 0.5) is 0 Å². The second-order valence-corrected chi connectivity index (χ2v) is 6.84. The van der Waals surface area contributed by atoms with E-state index in [1.807, 2.05) is 25.1 Å². The molecule has 3 heterocycles. The molecule has 1 aliphatic heterocycles. The number of furan rings is 1. The number of guanidine groups is 1. The normalized spacial score (nSPS) is 16.0. The summed E-state index contributed by atoms with van der Waals surface area (Å²) in [5.74, 6) is 2.41. The lowest BCUT2D eigenvalue weighted by Gasteiger charge is -2.33. The fraction of sp³-hybridized carbons (Fsp3) is 0.524. The summed E-state index contributed by atoms with van der Waals surface area (Å²) in [5, 5.41) is 6.81. The van der Waals surface area contributed by atoms with Crippen molar-refractivity contribution in [2.24, 2.45) is 4.99 Å². The van der Waals surface area contributed by atoms with Gasteiger partial charge in [0.15, 0.2) is 5.96 Å².